The molecule has 0 spiro atoms. The van der Waals surface area contributed by atoms with E-state index in [1.54, 1.807) is 30.3 Å². The third kappa shape index (κ3) is 2.69. The molecule has 8 heteroatoms. The maximum atomic E-state index is 12.0. The Bertz CT molecular complexity index is 963. The van der Waals surface area contributed by atoms with Crippen molar-refractivity contribution in [2.75, 3.05) is 6.79 Å². The van der Waals surface area contributed by atoms with Gasteiger partial charge in [-0.05, 0) is 30.3 Å². The number of nitrogens with zero attached hydrogens (tertiary/aromatic N) is 2. The van der Waals surface area contributed by atoms with E-state index in [9.17, 15) is 14.9 Å². The van der Waals surface area contributed by atoms with Gasteiger partial charge in [0.05, 0.1) is 10.5 Å². The number of hydrogen-bond acceptors (Lipinski definition) is 7. The number of ether oxygens (including phenoxy) is 3. The Labute approximate surface area is 141 Å². The van der Waals surface area contributed by atoms with Gasteiger partial charge >= 0.3 is 5.97 Å². The number of benzene rings is 2. The molecule has 2 heterocycles. The predicted octanol–water partition coefficient (Wildman–Crippen LogP) is 2.67. The van der Waals surface area contributed by atoms with Crippen LogP contribution in [0.3, 0.4) is 0 Å². The predicted molar refractivity (Wildman–Crippen MR) is 86.3 cm³/mol. The first-order valence-corrected chi connectivity index (χ1v) is 7.28. The molecule has 0 saturated heterocycles. The Morgan fingerprint density at radius 3 is 2.76 bits per heavy atom. The highest BCUT2D eigenvalue weighted by atomic mass is 16.7. The van der Waals surface area contributed by atoms with E-state index in [-0.39, 0.29) is 29.6 Å². The van der Waals surface area contributed by atoms with Crippen LogP contribution in [0, 0.1) is 10.1 Å². The van der Waals surface area contributed by atoms with E-state index in [0.717, 1.165) is 0 Å². The molecule has 0 aliphatic carbocycles. The standard InChI is InChI=1S/C17H10N2O6/c20-17-12(7-10-3-1-2-4-13(10)19(21)22)18-16(25-17)11-5-6-14-15(8-11)24-9-23-14/h1-8H,9H2/b12-7+. The summed E-state index contributed by atoms with van der Waals surface area (Å²) in [4.78, 5) is 26.7. The summed E-state index contributed by atoms with van der Waals surface area (Å²) in [6.07, 6.45) is 1.33. The number of hydrogen-bond donors (Lipinski definition) is 0. The maximum Gasteiger partial charge on any atom is 0.363 e. The minimum atomic E-state index is -0.675. The number of cyclic esters (lactones) is 1. The molecule has 0 unspecified atom stereocenters. The SMILES string of the molecule is O=C1OC(c2ccc3c(c2)OCO3)=N/C1=C/c1ccccc1[N+](=O)[O-]. The van der Waals surface area contributed by atoms with Gasteiger partial charge in [-0.3, -0.25) is 10.1 Å². The number of rotatable bonds is 3. The lowest BCUT2D eigenvalue weighted by Gasteiger charge is -2.01. The summed E-state index contributed by atoms with van der Waals surface area (Å²) >= 11 is 0. The Hall–Kier alpha value is -3.68. The summed E-state index contributed by atoms with van der Waals surface area (Å²) in [5.74, 6) is 0.565. The fourth-order valence-corrected chi connectivity index (χ4v) is 2.49. The van der Waals surface area contributed by atoms with Crippen LogP contribution in [0.15, 0.2) is 53.2 Å². The van der Waals surface area contributed by atoms with Gasteiger partial charge in [-0.25, -0.2) is 9.79 Å². The molecular weight excluding hydrogens is 328 g/mol. The van der Waals surface area contributed by atoms with Crippen LogP contribution < -0.4 is 9.47 Å². The molecule has 0 bridgehead atoms. The molecule has 0 aromatic heterocycles. The van der Waals surface area contributed by atoms with Gasteiger partial charge in [-0.15, -0.1) is 0 Å². The molecule has 2 aromatic rings. The number of carbonyl (C=O) groups excluding carboxylic acids is 1. The highest BCUT2D eigenvalue weighted by Gasteiger charge is 2.26. The highest BCUT2D eigenvalue weighted by molar-refractivity contribution is 6.13. The Morgan fingerprint density at radius 1 is 1.12 bits per heavy atom. The zero-order valence-corrected chi connectivity index (χ0v) is 12.7. The molecular formula is C17H10N2O6. The topological polar surface area (TPSA) is 100 Å². The van der Waals surface area contributed by atoms with Crippen molar-refractivity contribution in [2.45, 2.75) is 0 Å². The first-order chi connectivity index (χ1) is 12.1. The molecule has 0 N–H and O–H groups in total. The fourth-order valence-electron chi connectivity index (χ4n) is 2.49. The van der Waals surface area contributed by atoms with Crippen LogP contribution in [-0.2, 0) is 9.53 Å². The molecule has 124 valence electrons. The van der Waals surface area contributed by atoms with Crippen molar-refractivity contribution in [3.63, 3.8) is 0 Å². The van der Waals surface area contributed by atoms with E-state index >= 15 is 0 Å². The fraction of sp³-hybridized carbons (Fsp3) is 0.0588. The van der Waals surface area contributed by atoms with Gasteiger partial charge in [-0.2, -0.15) is 0 Å². The summed E-state index contributed by atoms with van der Waals surface area (Å²) in [7, 11) is 0. The van der Waals surface area contributed by atoms with Crippen LogP contribution in [0.2, 0.25) is 0 Å². The monoisotopic (exact) mass is 338 g/mol. The number of fused-ring (bicyclic) bond motifs is 1. The van der Waals surface area contributed by atoms with Gasteiger partial charge in [0.2, 0.25) is 12.7 Å². The van der Waals surface area contributed by atoms with Crippen molar-refractivity contribution in [3.05, 3.63) is 69.4 Å². The maximum absolute atomic E-state index is 12.0. The number of para-hydroxylation sites is 1. The summed E-state index contributed by atoms with van der Waals surface area (Å²) in [5, 5.41) is 11.1. The number of nitro groups is 1. The van der Waals surface area contributed by atoms with Crippen LogP contribution in [-0.4, -0.2) is 23.6 Å². The second kappa shape index (κ2) is 5.75. The van der Waals surface area contributed by atoms with Crippen molar-refractivity contribution < 1.29 is 23.9 Å². The van der Waals surface area contributed by atoms with Gasteiger partial charge in [-0.1, -0.05) is 12.1 Å². The molecule has 4 rings (SSSR count). The molecule has 2 aromatic carbocycles. The zero-order chi connectivity index (χ0) is 17.4. The smallest absolute Gasteiger partial charge is 0.363 e. The minimum absolute atomic E-state index is 0.0121. The van der Waals surface area contributed by atoms with E-state index in [1.807, 2.05) is 0 Å². The van der Waals surface area contributed by atoms with E-state index in [1.165, 1.54) is 18.2 Å². The molecule has 8 nitrogen and oxygen atoms in total. The van der Waals surface area contributed by atoms with Gasteiger partial charge in [0.1, 0.15) is 0 Å². The van der Waals surface area contributed by atoms with Crippen LogP contribution in [0.1, 0.15) is 11.1 Å². The second-order valence-corrected chi connectivity index (χ2v) is 5.22. The molecule has 0 atom stereocenters. The summed E-state index contributed by atoms with van der Waals surface area (Å²) in [6, 6.07) is 11.1. The van der Waals surface area contributed by atoms with Crippen LogP contribution in [0.4, 0.5) is 5.69 Å². The van der Waals surface area contributed by atoms with Gasteiger partial charge < -0.3 is 14.2 Å². The summed E-state index contributed by atoms with van der Waals surface area (Å²) in [6.45, 7) is 0.133. The molecule has 0 fully saturated rings. The molecule has 2 aliphatic heterocycles. The molecule has 0 saturated carbocycles. The first kappa shape index (κ1) is 14.9. The van der Waals surface area contributed by atoms with Gasteiger partial charge in [0, 0.05) is 11.6 Å². The molecule has 0 radical (unpaired) electrons. The summed E-state index contributed by atoms with van der Waals surface area (Å²) in [5.41, 5.74) is 0.690. The van der Waals surface area contributed by atoms with Crippen molar-refractivity contribution in [3.8, 4) is 11.5 Å². The molecule has 0 amide bonds. The van der Waals surface area contributed by atoms with Crippen molar-refractivity contribution in [2.24, 2.45) is 4.99 Å². The highest BCUT2D eigenvalue weighted by Crippen LogP contribution is 2.33. The average molecular weight is 338 g/mol. The van der Waals surface area contributed by atoms with E-state index in [4.69, 9.17) is 14.2 Å². The lowest BCUT2D eigenvalue weighted by atomic mass is 10.1. The minimum Gasteiger partial charge on any atom is -0.454 e. The van der Waals surface area contributed by atoms with Crippen molar-refractivity contribution in [1.82, 2.24) is 0 Å². The number of carbonyl (C=O) groups is 1. The zero-order valence-electron chi connectivity index (χ0n) is 12.7. The van der Waals surface area contributed by atoms with Crippen LogP contribution in [0.5, 0.6) is 11.5 Å². The van der Waals surface area contributed by atoms with Crippen LogP contribution >= 0.6 is 0 Å². The number of esters is 1. The summed E-state index contributed by atoms with van der Waals surface area (Å²) < 4.78 is 15.7. The van der Waals surface area contributed by atoms with Gasteiger partial charge in [0.25, 0.3) is 5.69 Å². The van der Waals surface area contributed by atoms with E-state index < -0.39 is 10.9 Å². The quantitative estimate of drug-likeness (QED) is 0.369. The number of nitro benzene ring substituents is 1. The van der Waals surface area contributed by atoms with E-state index in [2.05, 4.69) is 4.99 Å². The Kier molecular flexibility index (Phi) is 3.42. The Balaban J connectivity index is 1.70. The third-order valence-electron chi connectivity index (χ3n) is 3.67. The Morgan fingerprint density at radius 2 is 1.92 bits per heavy atom. The largest absolute Gasteiger partial charge is 0.454 e. The van der Waals surface area contributed by atoms with Crippen molar-refractivity contribution in [1.29, 1.82) is 0 Å². The number of aliphatic imine (C=N–C) groups is 1. The molecule has 2 aliphatic rings. The van der Waals surface area contributed by atoms with Gasteiger partial charge in [0.15, 0.2) is 17.2 Å². The second-order valence-electron chi connectivity index (χ2n) is 5.22. The lowest BCUT2D eigenvalue weighted by Crippen LogP contribution is -2.05. The van der Waals surface area contributed by atoms with Crippen molar-refractivity contribution >= 4 is 23.6 Å². The van der Waals surface area contributed by atoms with Crippen LogP contribution in [0.25, 0.3) is 6.08 Å². The molecule has 25 heavy (non-hydrogen) atoms. The first-order valence-electron chi connectivity index (χ1n) is 7.28. The van der Waals surface area contributed by atoms with E-state index in [0.29, 0.717) is 17.1 Å². The normalized spacial score (nSPS) is 16.7. The average Bonchev–Trinajstić information content (AvgIpc) is 3.21. The lowest BCUT2D eigenvalue weighted by molar-refractivity contribution is -0.385. The third-order valence-corrected chi connectivity index (χ3v) is 3.67.